The molecule has 5 heteroatoms. The van der Waals surface area contributed by atoms with Crippen LogP contribution in [0, 0.1) is 6.92 Å². The minimum Gasteiger partial charge on any atom is -0.326 e. The number of carbonyl (C=O) groups is 2. The highest BCUT2D eigenvalue weighted by Crippen LogP contribution is 2.42. The first-order valence-corrected chi connectivity index (χ1v) is 10.6. The van der Waals surface area contributed by atoms with Gasteiger partial charge < -0.3 is 5.32 Å². The molecule has 1 saturated heterocycles. The molecular formula is C24H22N2O2S. The third kappa shape index (κ3) is 4.51. The number of nitrogens with zero attached hydrogens (tertiary/aromatic N) is 1. The summed E-state index contributed by atoms with van der Waals surface area (Å²) in [4.78, 5) is 26.8. The number of benzene rings is 3. The molecule has 0 aliphatic carbocycles. The average Bonchev–Trinajstić information content (AvgIpc) is 3.10. The van der Waals surface area contributed by atoms with Gasteiger partial charge in [0, 0.05) is 11.4 Å². The fourth-order valence-electron chi connectivity index (χ4n) is 3.48. The van der Waals surface area contributed by atoms with E-state index in [-0.39, 0.29) is 17.2 Å². The van der Waals surface area contributed by atoms with Crippen LogP contribution < -0.4 is 10.2 Å². The van der Waals surface area contributed by atoms with E-state index in [1.165, 1.54) is 0 Å². The third-order valence-corrected chi connectivity index (χ3v) is 6.02. The fourth-order valence-corrected chi connectivity index (χ4v) is 4.65. The van der Waals surface area contributed by atoms with Gasteiger partial charge in [0.2, 0.25) is 11.8 Å². The molecule has 1 aliphatic heterocycles. The highest BCUT2D eigenvalue weighted by Gasteiger charge is 2.34. The quantitative estimate of drug-likeness (QED) is 0.657. The third-order valence-electron chi connectivity index (χ3n) is 4.81. The number of nitrogens with one attached hydrogen (secondary N) is 1. The van der Waals surface area contributed by atoms with E-state index >= 15 is 0 Å². The van der Waals surface area contributed by atoms with E-state index in [2.05, 4.69) is 5.32 Å². The minimum atomic E-state index is -0.102. The Morgan fingerprint density at radius 2 is 1.83 bits per heavy atom. The van der Waals surface area contributed by atoms with Crippen molar-refractivity contribution < 1.29 is 9.59 Å². The Morgan fingerprint density at radius 3 is 2.62 bits per heavy atom. The summed E-state index contributed by atoms with van der Waals surface area (Å²) in [6, 6.07) is 25.4. The summed E-state index contributed by atoms with van der Waals surface area (Å²) >= 11 is 1.61. The van der Waals surface area contributed by atoms with Crippen LogP contribution in [0.3, 0.4) is 0 Å². The predicted molar refractivity (Wildman–Crippen MR) is 119 cm³/mol. The molecule has 29 heavy (non-hydrogen) atoms. The summed E-state index contributed by atoms with van der Waals surface area (Å²) in [5.41, 5.74) is 4.74. The SMILES string of the molecule is Cc1cccc(N2C(=O)CS[C@H]2c2cccc(NC(=O)Cc3ccccc3)c2)c1. The Bertz CT molecular complexity index is 1040. The van der Waals surface area contributed by atoms with Gasteiger partial charge in [-0.05, 0) is 47.9 Å². The van der Waals surface area contributed by atoms with Crippen molar-refractivity contribution in [3.63, 3.8) is 0 Å². The van der Waals surface area contributed by atoms with Gasteiger partial charge >= 0.3 is 0 Å². The molecule has 0 aromatic heterocycles. The molecule has 2 amide bonds. The molecule has 0 bridgehead atoms. The van der Waals surface area contributed by atoms with Gasteiger partial charge in [-0.25, -0.2) is 0 Å². The maximum Gasteiger partial charge on any atom is 0.238 e. The first-order chi connectivity index (χ1) is 14.1. The molecule has 3 aromatic rings. The fraction of sp³-hybridized carbons (Fsp3) is 0.167. The van der Waals surface area contributed by atoms with Crippen LogP contribution >= 0.6 is 11.8 Å². The lowest BCUT2D eigenvalue weighted by molar-refractivity contribution is -0.116. The van der Waals surface area contributed by atoms with E-state index in [4.69, 9.17) is 0 Å². The van der Waals surface area contributed by atoms with Gasteiger partial charge in [-0.3, -0.25) is 14.5 Å². The van der Waals surface area contributed by atoms with E-state index in [9.17, 15) is 9.59 Å². The normalized spacial score (nSPS) is 16.1. The van der Waals surface area contributed by atoms with Crippen LogP contribution in [0.15, 0.2) is 78.9 Å². The Labute approximate surface area is 174 Å². The summed E-state index contributed by atoms with van der Waals surface area (Å²) in [7, 11) is 0. The second-order valence-corrected chi connectivity index (χ2v) is 8.17. The van der Waals surface area contributed by atoms with Crippen LogP contribution in [0.1, 0.15) is 22.1 Å². The molecule has 0 unspecified atom stereocenters. The summed E-state index contributed by atoms with van der Waals surface area (Å²) in [5, 5.41) is 2.88. The van der Waals surface area contributed by atoms with Gasteiger partial charge in [-0.2, -0.15) is 0 Å². The van der Waals surface area contributed by atoms with Crippen molar-refractivity contribution in [2.75, 3.05) is 16.0 Å². The highest BCUT2D eigenvalue weighted by atomic mass is 32.2. The van der Waals surface area contributed by atoms with Crippen molar-refractivity contribution in [3.8, 4) is 0 Å². The predicted octanol–water partition coefficient (Wildman–Crippen LogP) is 4.95. The number of thioether (sulfide) groups is 1. The lowest BCUT2D eigenvalue weighted by Crippen LogP contribution is -2.27. The van der Waals surface area contributed by atoms with Gasteiger partial charge in [0.25, 0.3) is 0 Å². The van der Waals surface area contributed by atoms with E-state index in [1.54, 1.807) is 11.8 Å². The standard InChI is InChI=1S/C24H22N2O2S/c1-17-7-5-12-21(13-17)26-23(28)16-29-24(26)19-10-6-11-20(15-19)25-22(27)14-18-8-3-2-4-9-18/h2-13,15,24H,14,16H2,1H3,(H,25,27)/t24-/m0/s1. The Balaban J connectivity index is 1.53. The van der Waals surface area contributed by atoms with E-state index in [0.717, 1.165) is 28.1 Å². The molecule has 1 N–H and O–H groups in total. The van der Waals surface area contributed by atoms with Crippen LogP contribution in [-0.4, -0.2) is 17.6 Å². The topological polar surface area (TPSA) is 49.4 Å². The van der Waals surface area contributed by atoms with Gasteiger partial charge in [0.15, 0.2) is 0 Å². The van der Waals surface area contributed by atoms with Gasteiger partial charge in [-0.15, -0.1) is 11.8 Å². The zero-order valence-electron chi connectivity index (χ0n) is 16.2. The molecule has 4 rings (SSSR count). The summed E-state index contributed by atoms with van der Waals surface area (Å²) in [6.07, 6.45) is 0.331. The smallest absolute Gasteiger partial charge is 0.238 e. The number of amides is 2. The van der Waals surface area contributed by atoms with Crippen molar-refractivity contribution in [2.45, 2.75) is 18.7 Å². The monoisotopic (exact) mass is 402 g/mol. The largest absolute Gasteiger partial charge is 0.326 e. The highest BCUT2D eigenvalue weighted by molar-refractivity contribution is 8.00. The maximum absolute atomic E-state index is 12.6. The van der Waals surface area contributed by atoms with Crippen molar-refractivity contribution in [1.82, 2.24) is 0 Å². The lowest BCUT2D eigenvalue weighted by Gasteiger charge is -2.25. The number of carbonyl (C=O) groups excluding carboxylic acids is 2. The second kappa shape index (κ2) is 8.53. The molecule has 1 fully saturated rings. The summed E-state index contributed by atoms with van der Waals surface area (Å²) in [5.74, 6) is 0.492. The zero-order valence-corrected chi connectivity index (χ0v) is 17.0. The summed E-state index contributed by atoms with van der Waals surface area (Å²) in [6.45, 7) is 2.02. The Kier molecular flexibility index (Phi) is 5.67. The number of anilines is 2. The molecule has 0 saturated carbocycles. The van der Waals surface area contributed by atoms with Crippen LogP contribution in [0.4, 0.5) is 11.4 Å². The van der Waals surface area contributed by atoms with Crippen LogP contribution in [-0.2, 0) is 16.0 Å². The van der Waals surface area contributed by atoms with Crippen LogP contribution in [0.25, 0.3) is 0 Å². The van der Waals surface area contributed by atoms with Crippen LogP contribution in [0.5, 0.6) is 0 Å². The molecule has 4 nitrogen and oxygen atoms in total. The van der Waals surface area contributed by atoms with Crippen molar-refractivity contribution in [1.29, 1.82) is 0 Å². The minimum absolute atomic E-state index is 0.0564. The molecule has 1 heterocycles. The van der Waals surface area contributed by atoms with Crippen molar-refractivity contribution >= 4 is 35.0 Å². The average molecular weight is 403 g/mol. The first-order valence-electron chi connectivity index (χ1n) is 9.54. The molecule has 1 aliphatic rings. The van der Waals surface area contributed by atoms with Crippen LogP contribution in [0.2, 0.25) is 0 Å². The molecule has 146 valence electrons. The second-order valence-electron chi connectivity index (χ2n) is 7.10. The Morgan fingerprint density at radius 1 is 1.03 bits per heavy atom. The summed E-state index contributed by atoms with van der Waals surface area (Å²) < 4.78 is 0. The van der Waals surface area contributed by atoms with E-state index in [0.29, 0.717) is 12.2 Å². The van der Waals surface area contributed by atoms with Crippen molar-refractivity contribution in [2.24, 2.45) is 0 Å². The van der Waals surface area contributed by atoms with E-state index < -0.39 is 0 Å². The zero-order chi connectivity index (χ0) is 20.2. The molecule has 1 atom stereocenters. The molecular weight excluding hydrogens is 380 g/mol. The number of hydrogen-bond acceptors (Lipinski definition) is 3. The maximum atomic E-state index is 12.6. The first kappa shape index (κ1) is 19.3. The molecule has 3 aromatic carbocycles. The molecule has 0 radical (unpaired) electrons. The molecule has 0 spiro atoms. The van der Waals surface area contributed by atoms with Gasteiger partial charge in [-0.1, -0.05) is 54.6 Å². The van der Waals surface area contributed by atoms with E-state index in [1.807, 2.05) is 90.7 Å². The van der Waals surface area contributed by atoms with Gasteiger partial charge in [0.05, 0.1) is 12.2 Å². The van der Waals surface area contributed by atoms with Crippen molar-refractivity contribution in [3.05, 3.63) is 95.6 Å². The lowest BCUT2D eigenvalue weighted by atomic mass is 10.1. The number of hydrogen-bond donors (Lipinski definition) is 1. The van der Waals surface area contributed by atoms with Gasteiger partial charge in [0.1, 0.15) is 5.37 Å². The number of rotatable bonds is 5. The number of aryl methyl sites for hydroxylation is 1. The Hall–Kier alpha value is -3.05.